The smallest absolute Gasteiger partial charge is 0.257 e. The van der Waals surface area contributed by atoms with Crippen molar-refractivity contribution in [3.8, 4) is 5.75 Å². The summed E-state index contributed by atoms with van der Waals surface area (Å²) in [6.45, 7) is 2.51. The van der Waals surface area contributed by atoms with Crippen LogP contribution in [0.4, 0.5) is 0 Å². The minimum absolute atomic E-state index is 0.252. The molecule has 4 heterocycles. The maximum absolute atomic E-state index is 13.4. The van der Waals surface area contributed by atoms with Crippen molar-refractivity contribution in [1.82, 2.24) is 24.9 Å². The van der Waals surface area contributed by atoms with Crippen LogP contribution < -0.4 is 10.1 Å². The van der Waals surface area contributed by atoms with Crippen LogP contribution in [0, 0.1) is 6.92 Å². The number of aryl methyl sites for hydroxylation is 1. The summed E-state index contributed by atoms with van der Waals surface area (Å²) in [4.78, 5) is 22.3. The molecule has 0 saturated carbocycles. The number of benzene rings is 1. The fourth-order valence-electron chi connectivity index (χ4n) is 3.82. The molecular weight excluding hydrogens is 366 g/mol. The number of nitrogens with zero attached hydrogens (tertiary/aromatic N) is 4. The van der Waals surface area contributed by atoms with Gasteiger partial charge in [-0.05, 0) is 30.7 Å². The van der Waals surface area contributed by atoms with E-state index >= 15 is 0 Å². The second-order valence-electron chi connectivity index (χ2n) is 7.12. The highest BCUT2D eigenvalue weighted by molar-refractivity contribution is 6.00. The third-order valence-corrected chi connectivity index (χ3v) is 5.30. The van der Waals surface area contributed by atoms with Gasteiger partial charge in [-0.3, -0.25) is 9.78 Å². The van der Waals surface area contributed by atoms with Gasteiger partial charge in [-0.1, -0.05) is 29.8 Å². The molecule has 5 rings (SSSR count). The van der Waals surface area contributed by atoms with Gasteiger partial charge in [0.2, 0.25) is 0 Å². The number of nitrogens with one attached hydrogen (secondary N) is 1. The van der Waals surface area contributed by atoms with E-state index in [1.807, 2.05) is 43.3 Å². The molecule has 3 aromatic heterocycles. The molecule has 7 nitrogen and oxygen atoms in total. The van der Waals surface area contributed by atoms with Crippen LogP contribution in [0.3, 0.4) is 0 Å². The molecular formula is C22H19N5O2. The predicted octanol–water partition coefficient (Wildman–Crippen LogP) is 2.89. The second kappa shape index (κ2) is 6.70. The normalized spacial score (nSPS) is 18.1. The number of rotatable bonds is 3. The van der Waals surface area contributed by atoms with E-state index in [1.54, 1.807) is 35.4 Å². The summed E-state index contributed by atoms with van der Waals surface area (Å²) in [5, 5.41) is 7.48. The molecule has 144 valence electrons. The third-order valence-electron chi connectivity index (χ3n) is 5.30. The van der Waals surface area contributed by atoms with Crippen molar-refractivity contribution in [3.05, 3.63) is 89.6 Å². The van der Waals surface area contributed by atoms with Gasteiger partial charge in [0, 0.05) is 25.0 Å². The van der Waals surface area contributed by atoms with Gasteiger partial charge in [0.15, 0.2) is 5.65 Å². The van der Waals surface area contributed by atoms with Crippen molar-refractivity contribution in [2.24, 2.45) is 0 Å². The number of carbonyl (C=O) groups excluding carboxylic acids is 1. The van der Waals surface area contributed by atoms with Gasteiger partial charge >= 0.3 is 0 Å². The minimum atomic E-state index is -0.803. The van der Waals surface area contributed by atoms with Crippen LogP contribution in [0.25, 0.3) is 5.65 Å². The van der Waals surface area contributed by atoms with E-state index in [4.69, 9.17) is 4.74 Å². The van der Waals surface area contributed by atoms with Gasteiger partial charge in [-0.2, -0.15) is 5.10 Å². The van der Waals surface area contributed by atoms with Gasteiger partial charge in [-0.25, -0.2) is 9.50 Å². The summed E-state index contributed by atoms with van der Waals surface area (Å²) in [5.74, 6) is 0.426. The van der Waals surface area contributed by atoms with E-state index in [1.165, 1.54) is 0 Å². The highest BCUT2D eigenvalue weighted by atomic mass is 16.5. The number of amides is 1. The molecule has 0 bridgehead atoms. The molecule has 29 heavy (non-hydrogen) atoms. The average molecular weight is 385 g/mol. The predicted molar refractivity (Wildman–Crippen MR) is 107 cm³/mol. The summed E-state index contributed by atoms with van der Waals surface area (Å²) >= 11 is 0. The first kappa shape index (κ1) is 17.4. The van der Waals surface area contributed by atoms with Crippen LogP contribution in [0.15, 0.2) is 67.3 Å². The Morgan fingerprint density at radius 2 is 1.97 bits per heavy atom. The molecule has 4 aromatic rings. The zero-order chi connectivity index (χ0) is 19.8. The monoisotopic (exact) mass is 385 g/mol. The van der Waals surface area contributed by atoms with Crippen molar-refractivity contribution >= 4 is 11.6 Å². The largest absolute Gasteiger partial charge is 0.491 e. The number of aromatic nitrogens is 4. The Morgan fingerprint density at radius 3 is 2.83 bits per heavy atom. The molecule has 1 amide bonds. The van der Waals surface area contributed by atoms with E-state index in [0.29, 0.717) is 35.7 Å². The van der Waals surface area contributed by atoms with E-state index in [0.717, 1.165) is 11.1 Å². The van der Waals surface area contributed by atoms with Gasteiger partial charge in [0.25, 0.3) is 5.91 Å². The van der Waals surface area contributed by atoms with Gasteiger partial charge in [0.05, 0.1) is 12.8 Å². The molecule has 1 aliphatic rings. The number of ether oxygens (including phenoxy) is 1. The Hall–Kier alpha value is -3.74. The standard InChI is InChI=1S/C22H19N5O2/c1-15-5-7-16(8-6-15)22(9-13-29-18-4-2-10-23-19(18)22)26-21(28)17-14-25-27-12-3-11-24-20(17)27/h2-8,10-12,14H,9,13H2,1H3,(H,26,28)/t22-/m0/s1. The Morgan fingerprint density at radius 1 is 1.14 bits per heavy atom. The highest BCUT2D eigenvalue weighted by Crippen LogP contribution is 2.40. The van der Waals surface area contributed by atoms with E-state index in [2.05, 4.69) is 20.4 Å². The van der Waals surface area contributed by atoms with Crippen molar-refractivity contribution in [2.45, 2.75) is 18.9 Å². The number of hydrogen-bond acceptors (Lipinski definition) is 5. The molecule has 0 saturated heterocycles. The Bertz CT molecular complexity index is 1200. The molecule has 1 aromatic carbocycles. The number of carbonyl (C=O) groups is 1. The quantitative estimate of drug-likeness (QED) is 0.586. The lowest BCUT2D eigenvalue weighted by molar-refractivity contribution is 0.0885. The number of pyridine rings is 1. The average Bonchev–Trinajstić information content (AvgIpc) is 3.19. The Balaban J connectivity index is 1.64. The van der Waals surface area contributed by atoms with Gasteiger partial charge in [-0.15, -0.1) is 0 Å². The maximum Gasteiger partial charge on any atom is 0.257 e. The summed E-state index contributed by atoms with van der Waals surface area (Å²) < 4.78 is 7.41. The summed E-state index contributed by atoms with van der Waals surface area (Å²) in [6.07, 6.45) is 7.24. The third kappa shape index (κ3) is 2.82. The van der Waals surface area contributed by atoms with E-state index in [-0.39, 0.29) is 5.91 Å². The number of hydrogen-bond donors (Lipinski definition) is 1. The van der Waals surface area contributed by atoms with E-state index in [9.17, 15) is 4.79 Å². The summed E-state index contributed by atoms with van der Waals surface area (Å²) in [6, 6.07) is 13.6. The topological polar surface area (TPSA) is 81.4 Å². The minimum Gasteiger partial charge on any atom is -0.491 e. The molecule has 0 radical (unpaired) electrons. The Labute approximate surface area is 167 Å². The molecule has 1 aliphatic heterocycles. The van der Waals surface area contributed by atoms with Crippen molar-refractivity contribution in [1.29, 1.82) is 0 Å². The van der Waals surface area contributed by atoms with Crippen LogP contribution in [0.1, 0.15) is 33.6 Å². The molecule has 0 spiro atoms. The first-order valence-corrected chi connectivity index (χ1v) is 9.44. The molecule has 0 fully saturated rings. The van der Waals surface area contributed by atoms with Crippen LogP contribution >= 0.6 is 0 Å². The number of fused-ring (bicyclic) bond motifs is 2. The summed E-state index contributed by atoms with van der Waals surface area (Å²) in [5.41, 5.74) is 2.94. The molecule has 1 N–H and O–H groups in total. The second-order valence-corrected chi connectivity index (χ2v) is 7.12. The first-order valence-electron chi connectivity index (χ1n) is 9.44. The molecule has 1 atom stereocenters. The van der Waals surface area contributed by atoms with Crippen LogP contribution in [-0.2, 0) is 5.54 Å². The van der Waals surface area contributed by atoms with Crippen molar-refractivity contribution < 1.29 is 9.53 Å². The maximum atomic E-state index is 13.4. The lowest BCUT2D eigenvalue weighted by Gasteiger charge is -2.39. The van der Waals surface area contributed by atoms with Crippen LogP contribution in [-0.4, -0.2) is 32.1 Å². The SMILES string of the molecule is Cc1ccc([C@@]2(NC(=O)c3cnn4cccnc34)CCOc3cccnc32)cc1. The molecule has 0 unspecified atom stereocenters. The zero-order valence-electron chi connectivity index (χ0n) is 15.9. The van der Waals surface area contributed by atoms with E-state index < -0.39 is 5.54 Å². The van der Waals surface area contributed by atoms with Gasteiger partial charge < -0.3 is 10.1 Å². The summed E-state index contributed by atoms with van der Waals surface area (Å²) in [7, 11) is 0. The van der Waals surface area contributed by atoms with Gasteiger partial charge in [0.1, 0.15) is 22.5 Å². The van der Waals surface area contributed by atoms with Crippen LogP contribution in [0.5, 0.6) is 5.75 Å². The molecule has 7 heteroatoms. The zero-order valence-corrected chi connectivity index (χ0v) is 15.9. The Kier molecular flexibility index (Phi) is 4.01. The first-order chi connectivity index (χ1) is 14.2. The van der Waals surface area contributed by atoms with Crippen molar-refractivity contribution in [2.75, 3.05) is 6.61 Å². The fraction of sp³-hybridized carbons (Fsp3) is 0.182. The lowest BCUT2D eigenvalue weighted by Crippen LogP contribution is -2.50. The molecule has 0 aliphatic carbocycles. The fourth-order valence-corrected chi connectivity index (χ4v) is 3.82. The lowest BCUT2D eigenvalue weighted by atomic mass is 9.81. The highest BCUT2D eigenvalue weighted by Gasteiger charge is 2.42. The van der Waals surface area contributed by atoms with Crippen LogP contribution in [0.2, 0.25) is 0 Å². The van der Waals surface area contributed by atoms with Crippen molar-refractivity contribution in [3.63, 3.8) is 0 Å².